The van der Waals surface area contributed by atoms with E-state index in [1.54, 1.807) is 19.4 Å². The summed E-state index contributed by atoms with van der Waals surface area (Å²) in [6.07, 6.45) is 11.5. The number of aromatic nitrogens is 4. The highest BCUT2D eigenvalue weighted by molar-refractivity contribution is 6.15. The second-order valence-corrected chi connectivity index (χ2v) is 29.8. The lowest BCUT2D eigenvalue weighted by atomic mass is 9.87. The van der Waals surface area contributed by atoms with E-state index >= 15 is 0 Å². The van der Waals surface area contributed by atoms with Gasteiger partial charge in [0, 0.05) is 71.6 Å². The van der Waals surface area contributed by atoms with Gasteiger partial charge in [-0.2, -0.15) is 0 Å². The van der Waals surface area contributed by atoms with Crippen molar-refractivity contribution in [3.05, 3.63) is 317 Å². The summed E-state index contributed by atoms with van der Waals surface area (Å²) in [6.45, 7) is 41.6. The summed E-state index contributed by atoms with van der Waals surface area (Å²) in [6, 6.07) is 75.5. The van der Waals surface area contributed by atoms with Crippen LogP contribution in [0.4, 0.5) is 8.78 Å². The van der Waals surface area contributed by atoms with E-state index in [1.165, 1.54) is 94.9 Å². The summed E-state index contributed by atoms with van der Waals surface area (Å²) in [5.41, 5.74) is 15.6. The number of nitrogens with one attached hydrogen (secondary N) is 1. The Morgan fingerprint density at radius 1 is 0.434 bits per heavy atom. The maximum Gasteiger partial charge on any atom is 0.231 e. The largest absolute Gasteiger partial charge is 0.497 e. The van der Waals surface area contributed by atoms with Crippen LogP contribution >= 0.6 is 11.6 Å². The molecule has 0 fully saturated rings. The lowest BCUT2D eigenvalue weighted by Crippen LogP contribution is -2.10. The third kappa shape index (κ3) is 28.0. The van der Waals surface area contributed by atoms with E-state index in [0.29, 0.717) is 48.2 Å². The molecule has 0 radical (unpaired) electrons. The summed E-state index contributed by atoms with van der Waals surface area (Å²) in [4.78, 5) is 11.7. The smallest absolute Gasteiger partial charge is 0.231 e. The van der Waals surface area contributed by atoms with Gasteiger partial charge in [0.2, 0.25) is 6.79 Å². The van der Waals surface area contributed by atoms with Crippen molar-refractivity contribution in [1.29, 1.82) is 0 Å². The molecule has 7 nitrogen and oxygen atoms in total. The predicted octanol–water partition coefficient (Wildman–Crippen LogP) is 28.4. The second-order valence-electron chi connectivity index (χ2n) is 29.8. The van der Waals surface area contributed by atoms with Crippen molar-refractivity contribution >= 4 is 55.1 Å². The third-order valence-electron chi connectivity index (χ3n) is 18.0. The summed E-state index contributed by atoms with van der Waals surface area (Å²) in [5.74, 6) is 5.51. The van der Waals surface area contributed by atoms with Crippen LogP contribution in [0.1, 0.15) is 229 Å². The van der Waals surface area contributed by atoms with E-state index in [-0.39, 0.29) is 11.3 Å². The topological polar surface area (TPSA) is 74.2 Å². The molecule has 0 aliphatic carbocycles. The van der Waals surface area contributed by atoms with E-state index in [1.807, 2.05) is 80.8 Å². The number of hydrogen-bond acceptors (Lipinski definition) is 5. The average Bonchev–Trinajstić information content (AvgIpc) is 1.63. The molecule has 9 aromatic carbocycles. The summed E-state index contributed by atoms with van der Waals surface area (Å²) >= 11 is 4.64. The molecule has 1 aliphatic heterocycles. The Hall–Kier alpha value is -9.57. The Bertz CT molecular complexity index is 4500. The quantitative estimate of drug-likeness (QED) is 0.146. The van der Waals surface area contributed by atoms with E-state index < -0.39 is 11.6 Å². The Morgan fingerprint density at radius 3 is 1.49 bits per heavy atom. The number of halogens is 3. The lowest BCUT2D eigenvalue weighted by molar-refractivity contribution is 0.174. The zero-order chi connectivity index (χ0) is 78.0. The first-order valence-electron chi connectivity index (χ1n) is 37.3. The Morgan fingerprint density at radius 2 is 0.934 bits per heavy atom. The van der Waals surface area contributed by atoms with Crippen molar-refractivity contribution in [3.8, 4) is 17.2 Å². The molecule has 4 aromatic heterocycles. The van der Waals surface area contributed by atoms with E-state index in [2.05, 4.69) is 320 Å². The maximum atomic E-state index is 12.6. The molecule has 0 amide bonds. The van der Waals surface area contributed by atoms with Gasteiger partial charge in [0.25, 0.3) is 0 Å². The van der Waals surface area contributed by atoms with E-state index in [9.17, 15) is 8.78 Å². The number of rotatable bonds is 9. The van der Waals surface area contributed by atoms with Gasteiger partial charge in [0.15, 0.2) is 23.1 Å². The number of benzene rings is 9. The first-order valence-corrected chi connectivity index (χ1v) is 38.1. The summed E-state index contributed by atoms with van der Waals surface area (Å²) in [5, 5.41) is 6.64. The zero-order valence-electron chi connectivity index (χ0n) is 67.3. The number of fused-ring (bicyclic) bond motifs is 5. The highest BCUT2D eigenvalue weighted by Gasteiger charge is 2.15. The van der Waals surface area contributed by atoms with Crippen LogP contribution in [0, 0.1) is 11.6 Å². The van der Waals surface area contributed by atoms with Crippen LogP contribution in [0.2, 0.25) is 0 Å². The number of nitrogens with zero attached hydrogens (tertiary/aromatic N) is 3. The van der Waals surface area contributed by atoms with E-state index in [4.69, 9.17) is 14.2 Å². The van der Waals surface area contributed by atoms with Gasteiger partial charge in [-0.1, -0.05) is 289 Å². The minimum absolute atomic E-state index is 0.228. The van der Waals surface area contributed by atoms with Crippen LogP contribution in [0.5, 0.6) is 17.2 Å². The molecule has 1 aliphatic rings. The van der Waals surface area contributed by atoms with Gasteiger partial charge in [-0.25, -0.2) is 8.78 Å². The van der Waals surface area contributed by atoms with Crippen molar-refractivity contribution in [2.45, 2.75) is 184 Å². The third-order valence-corrected chi connectivity index (χ3v) is 18.0. The molecule has 14 rings (SSSR count). The maximum absolute atomic E-state index is 12.6. The fraction of sp³-hybridized carbons (Fsp3) is 0.333. The van der Waals surface area contributed by atoms with Crippen LogP contribution in [-0.2, 0) is 12.5 Å². The number of H-pyrrole nitrogens is 1. The van der Waals surface area contributed by atoms with Crippen molar-refractivity contribution in [3.63, 3.8) is 0 Å². The van der Waals surface area contributed by atoms with Gasteiger partial charge in [-0.05, 0) is 180 Å². The van der Waals surface area contributed by atoms with Crippen LogP contribution < -0.4 is 14.2 Å². The number of para-hydroxylation sites is 3. The molecule has 13 aromatic rings. The molecule has 0 unspecified atom stereocenters. The molecular weight excluding hydrogens is 1330 g/mol. The van der Waals surface area contributed by atoms with Crippen molar-refractivity contribution in [2.24, 2.45) is 7.05 Å². The Balaban J connectivity index is 0.000000214. The number of ether oxygens (including phenoxy) is 3. The zero-order valence-corrected chi connectivity index (χ0v) is 68.0. The minimum atomic E-state index is -0.783. The van der Waals surface area contributed by atoms with Gasteiger partial charge in [0.05, 0.1) is 12.6 Å². The van der Waals surface area contributed by atoms with Crippen molar-refractivity contribution in [2.75, 3.05) is 20.3 Å². The fourth-order valence-corrected chi connectivity index (χ4v) is 11.2. The fourth-order valence-electron chi connectivity index (χ4n) is 11.2. The normalized spacial score (nSPS) is 11.1. The van der Waals surface area contributed by atoms with Gasteiger partial charge in [-0.15, -0.1) is 11.6 Å². The molecule has 0 saturated carbocycles. The van der Waals surface area contributed by atoms with Gasteiger partial charge < -0.3 is 23.8 Å². The first kappa shape index (κ1) is 87.1. The highest BCUT2D eigenvalue weighted by Crippen LogP contribution is 2.35. The SMILES string of the molecule is CC(C)c1c[nH]c2ccccc12.CC(C)c1ccc(F)c(F)c1.CC(C)c1ccc2c(c1)OCO2.CC(C)c1ccc2ccccc2c1.CC(C)c1ccccc1.CC(C)c1cccnc1.CC(C)c1cn(C)c2ccccc12.CC(C)c1cnc2ccccc2c1.CCl.COc1ccc(C(C)(C)C)cc1. The number of hydrogen-bond donors (Lipinski definition) is 1. The molecule has 0 bridgehead atoms. The Kier molecular flexibility index (Phi) is 36.5. The van der Waals surface area contributed by atoms with Crippen molar-refractivity contribution in [1.82, 2.24) is 19.5 Å². The summed E-state index contributed by atoms with van der Waals surface area (Å²) in [7, 11) is 3.79. The second kappa shape index (κ2) is 44.4. The van der Waals surface area contributed by atoms with Crippen LogP contribution in [0.15, 0.2) is 255 Å². The van der Waals surface area contributed by atoms with Crippen LogP contribution in [0.25, 0.3) is 43.5 Å². The van der Waals surface area contributed by atoms with E-state index in [0.717, 1.165) is 34.4 Å². The van der Waals surface area contributed by atoms with Crippen LogP contribution in [0.3, 0.4) is 0 Å². The monoisotopic (exact) mass is 1450 g/mol. The number of aromatic amines is 1. The van der Waals surface area contributed by atoms with Gasteiger partial charge >= 0.3 is 0 Å². The number of pyridine rings is 2. The number of aryl methyl sites for hydroxylation is 1. The standard InChI is InChI=1S/C13H14.C12H15N.C12H13N.C11H13N.C11H16O.C10H12O2.C9H10F2.C9H12.C8H11N.CH3Cl/c1-10(2)12-8-7-11-5-3-4-6-13(11)9-12;1-9(2)11-8-13(3)12-7-5-4-6-10(11)12;1-9(2)11-7-10-5-3-4-6-12(10)13-8-11;1-8(2)10-7-12-11-6-4-3-5-9(10)11;1-11(2,3)9-5-7-10(12-4)8-6-9;1-7(2)8-3-4-9-10(5-8)12-6-11-9;1-6(2)7-3-4-8(10)9(11)5-7;1-8(2)9-6-4-3-5-7-9;1-7(2)8-4-3-5-9-6-8;1-2/h3-10H,1-2H3;4-9H,1-3H3;3-9H,1-2H3;3-8,12H,1-2H3;5-8H,1-4H3;3-5,7H,6H2,1-2H3;3-6H,1-2H3;3-8H,1-2H3;3-7H,1-2H3;1H3. The molecule has 0 spiro atoms. The van der Waals surface area contributed by atoms with Crippen LogP contribution in [-0.4, -0.2) is 39.8 Å². The molecule has 10 heteroatoms. The van der Waals surface area contributed by atoms with Gasteiger partial charge in [-0.3, -0.25) is 9.97 Å². The molecule has 1 N–H and O–H groups in total. The summed E-state index contributed by atoms with van der Waals surface area (Å²) < 4.78 is 42.7. The molecule has 0 saturated heterocycles. The molecule has 562 valence electrons. The molecule has 106 heavy (non-hydrogen) atoms. The molecule has 0 atom stereocenters. The predicted molar refractivity (Wildman–Crippen MR) is 453 cm³/mol. The average molecular weight is 1450 g/mol. The minimum Gasteiger partial charge on any atom is -0.497 e. The molecular formula is C96H119ClF2N4O3. The number of alkyl halides is 1. The van der Waals surface area contributed by atoms with Crippen molar-refractivity contribution < 1.29 is 23.0 Å². The first-order chi connectivity index (χ1) is 50.6. The highest BCUT2D eigenvalue weighted by atomic mass is 35.5. The Labute approximate surface area is 639 Å². The lowest BCUT2D eigenvalue weighted by Gasteiger charge is -2.18. The van der Waals surface area contributed by atoms with Gasteiger partial charge in [0.1, 0.15) is 5.75 Å². The molecule has 5 heterocycles. The number of methoxy groups -OCH3 is 1.